The highest BCUT2D eigenvalue weighted by atomic mass is 19.1. The molecule has 0 bridgehead atoms. The first-order valence-corrected chi connectivity index (χ1v) is 12.8. The van der Waals surface area contributed by atoms with Crippen LogP contribution < -0.4 is 9.47 Å². The first kappa shape index (κ1) is 25.3. The van der Waals surface area contributed by atoms with Crippen LogP contribution in [-0.4, -0.2) is 12.6 Å². The number of hydrogen-bond acceptors (Lipinski definition) is 3. The van der Waals surface area contributed by atoms with Crippen LogP contribution in [0.15, 0.2) is 42.5 Å². The van der Waals surface area contributed by atoms with Gasteiger partial charge in [0.1, 0.15) is 5.75 Å². The van der Waals surface area contributed by atoms with Gasteiger partial charge in [0.05, 0.1) is 12.2 Å². The molecule has 1 aliphatic carbocycles. The van der Waals surface area contributed by atoms with Crippen molar-refractivity contribution in [3.8, 4) is 11.5 Å². The molecule has 2 aromatic rings. The topological polar surface area (TPSA) is 35.5 Å². The minimum absolute atomic E-state index is 0.0479. The van der Waals surface area contributed by atoms with Crippen LogP contribution in [0, 0.1) is 17.7 Å². The van der Waals surface area contributed by atoms with Gasteiger partial charge < -0.3 is 9.47 Å². The second-order valence-corrected chi connectivity index (χ2v) is 9.32. The number of benzene rings is 2. The Labute approximate surface area is 198 Å². The molecule has 0 aliphatic heterocycles. The van der Waals surface area contributed by atoms with Crippen LogP contribution in [0.3, 0.4) is 0 Å². The number of carbonyl (C=O) groups is 1. The van der Waals surface area contributed by atoms with Crippen LogP contribution >= 0.6 is 0 Å². The van der Waals surface area contributed by atoms with E-state index in [1.54, 1.807) is 30.3 Å². The van der Waals surface area contributed by atoms with E-state index < -0.39 is 11.8 Å². The summed E-state index contributed by atoms with van der Waals surface area (Å²) in [6.07, 6.45) is 14.0. The molecule has 3 rings (SSSR count). The molecule has 0 amide bonds. The fourth-order valence-electron chi connectivity index (χ4n) is 4.93. The van der Waals surface area contributed by atoms with Gasteiger partial charge in [-0.3, -0.25) is 0 Å². The molecule has 180 valence electrons. The fraction of sp³-hybridized carbons (Fsp3) is 0.552. The van der Waals surface area contributed by atoms with E-state index in [0.29, 0.717) is 12.2 Å². The lowest BCUT2D eigenvalue weighted by atomic mass is 9.74. The summed E-state index contributed by atoms with van der Waals surface area (Å²) in [6.45, 7) is 4.92. The highest BCUT2D eigenvalue weighted by molar-refractivity contribution is 5.91. The van der Waals surface area contributed by atoms with Gasteiger partial charge in [0.25, 0.3) is 0 Å². The van der Waals surface area contributed by atoms with Crippen molar-refractivity contribution in [3.05, 3.63) is 59.4 Å². The molecule has 0 aromatic heterocycles. The minimum Gasteiger partial charge on any atom is -0.494 e. The van der Waals surface area contributed by atoms with E-state index >= 15 is 0 Å². The number of halogens is 1. The normalized spacial score (nSPS) is 18.2. The smallest absolute Gasteiger partial charge is 0.343 e. The van der Waals surface area contributed by atoms with Crippen molar-refractivity contribution in [1.82, 2.24) is 0 Å². The molecular formula is C29H39FO3. The Hall–Kier alpha value is -2.36. The maximum absolute atomic E-state index is 14.1. The second kappa shape index (κ2) is 13.4. The Morgan fingerprint density at radius 3 is 2.27 bits per heavy atom. The Balaban J connectivity index is 1.42. The Kier molecular flexibility index (Phi) is 10.2. The van der Waals surface area contributed by atoms with E-state index in [1.807, 2.05) is 6.92 Å². The maximum Gasteiger partial charge on any atom is 0.343 e. The fourth-order valence-corrected chi connectivity index (χ4v) is 4.93. The molecule has 0 heterocycles. The largest absolute Gasteiger partial charge is 0.494 e. The van der Waals surface area contributed by atoms with E-state index in [0.717, 1.165) is 36.0 Å². The summed E-state index contributed by atoms with van der Waals surface area (Å²) < 4.78 is 25.2. The molecule has 1 saturated carbocycles. The SMILES string of the molecule is CCCCCC1CCCCC1CCCOc1ccc(C(=O)Oc2ccc(CC)cc2F)cc1. The van der Waals surface area contributed by atoms with Gasteiger partial charge in [-0.2, -0.15) is 0 Å². The van der Waals surface area contributed by atoms with Gasteiger partial charge in [-0.1, -0.05) is 71.3 Å². The lowest BCUT2D eigenvalue weighted by Gasteiger charge is -2.31. The van der Waals surface area contributed by atoms with E-state index in [9.17, 15) is 9.18 Å². The second-order valence-electron chi connectivity index (χ2n) is 9.32. The van der Waals surface area contributed by atoms with Crippen LogP contribution in [0.2, 0.25) is 0 Å². The third kappa shape index (κ3) is 7.87. The average Bonchev–Trinajstić information content (AvgIpc) is 2.84. The van der Waals surface area contributed by atoms with E-state index in [2.05, 4.69) is 6.92 Å². The van der Waals surface area contributed by atoms with E-state index in [-0.39, 0.29) is 5.75 Å². The summed E-state index contributed by atoms with van der Waals surface area (Å²) in [5, 5.41) is 0. The molecular weight excluding hydrogens is 415 g/mol. The Morgan fingerprint density at radius 1 is 0.939 bits per heavy atom. The standard InChI is InChI=1S/C29H39FO3/c1-3-5-6-10-23-11-7-8-12-24(23)13-9-20-32-26-17-15-25(16-18-26)29(31)33-28-19-14-22(4-2)21-27(28)30/h14-19,21,23-24H,3-13,20H2,1-2H3. The molecule has 4 heteroatoms. The Bertz CT molecular complexity index is 862. The van der Waals surface area contributed by atoms with Crippen molar-refractivity contribution in [2.24, 2.45) is 11.8 Å². The molecule has 2 atom stereocenters. The van der Waals surface area contributed by atoms with Gasteiger partial charge in [-0.25, -0.2) is 9.18 Å². The summed E-state index contributed by atoms with van der Waals surface area (Å²) in [4.78, 5) is 12.4. The first-order valence-electron chi connectivity index (χ1n) is 12.8. The molecule has 0 N–H and O–H groups in total. The van der Waals surface area contributed by atoms with Crippen molar-refractivity contribution in [2.45, 2.75) is 84.5 Å². The summed E-state index contributed by atoms with van der Waals surface area (Å²) in [6, 6.07) is 11.6. The number of carbonyl (C=O) groups excluding carboxylic acids is 1. The summed E-state index contributed by atoms with van der Waals surface area (Å²) in [5.41, 5.74) is 1.24. The van der Waals surface area contributed by atoms with Gasteiger partial charge in [-0.05, 0) is 73.1 Å². The van der Waals surface area contributed by atoms with Crippen LogP contribution in [0.25, 0.3) is 0 Å². The molecule has 1 fully saturated rings. The zero-order valence-corrected chi connectivity index (χ0v) is 20.3. The van der Waals surface area contributed by atoms with Crippen molar-refractivity contribution < 1.29 is 18.7 Å². The molecule has 33 heavy (non-hydrogen) atoms. The van der Waals surface area contributed by atoms with Crippen molar-refractivity contribution in [1.29, 1.82) is 0 Å². The highest BCUT2D eigenvalue weighted by Gasteiger charge is 2.24. The van der Waals surface area contributed by atoms with Gasteiger partial charge in [-0.15, -0.1) is 0 Å². The predicted molar refractivity (Wildman–Crippen MR) is 131 cm³/mol. The molecule has 3 nitrogen and oxygen atoms in total. The molecule has 0 spiro atoms. The van der Waals surface area contributed by atoms with Crippen molar-refractivity contribution in [2.75, 3.05) is 6.61 Å². The number of unbranched alkanes of at least 4 members (excludes halogenated alkanes) is 2. The molecule has 1 aliphatic rings. The van der Waals surface area contributed by atoms with Gasteiger partial charge in [0.2, 0.25) is 0 Å². The monoisotopic (exact) mass is 454 g/mol. The third-order valence-corrected chi connectivity index (χ3v) is 6.93. The maximum atomic E-state index is 14.1. The van der Waals surface area contributed by atoms with E-state index in [1.165, 1.54) is 69.9 Å². The average molecular weight is 455 g/mol. The van der Waals surface area contributed by atoms with Crippen LogP contribution in [0.1, 0.15) is 94.0 Å². The molecule has 0 saturated heterocycles. The third-order valence-electron chi connectivity index (χ3n) is 6.93. The molecule has 0 radical (unpaired) electrons. The molecule has 2 aromatic carbocycles. The number of esters is 1. The van der Waals surface area contributed by atoms with Crippen LogP contribution in [-0.2, 0) is 6.42 Å². The van der Waals surface area contributed by atoms with Crippen LogP contribution in [0.4, 0.5) is 4.39 Å². The Morgan fingerprint density at radius 2 is 1.64 bits per heavy atom. The highest BCUT2D eigenvalue weighted by Crippen LogP contribution is 2.36. The summed E-state index contributed by atoms with van der Waals surface area (Å²) in [7, 11) is 0. The van der Waals surface area contributed by atoms with E-state index in [4.69, 9.17) is 9.47 Å². The van der Waals surface area contributed by atoms with Crippen LogP contribution in [0.5, 0.6) is 11.5 Å². The van der Waals surface area contributed by atoms with Crippen molar-refractivity contribution >= 4 is 5.97 Å². The summed E-state index contributed by atoms with van der Waals surface area (Å²) in [5.74, 6) is 1.35. The quantitative estimate of drug-likeness (QED) is 0.184. The number of ether oxygens (including phenoxy) is 2. The van der Waals surface area contributed by atoms with Gasteiger partial charge in [0, 0.05) is 0 Å². The predicted octanol–water partition coefficient (Wildman–Crippen LogP) is 8.15. The number of rotatable bonds is 12. The lowest BCUT2D eigenvalue weighted by molar-refractivity contribution is 0.0727. The number of hydrogen-bond donors (Lipinski definition) is 0. The zero-order valence-electron chi connectivity index (χ0n) is 20.3. The number of aryl methyl sites for hydroxylation is 1. The van der Waals surface area contributed by atoms with Crippen molar-refractivity contribution in [3.63, 3.8) is 0 Å². The van der Waals surface area contributed by atoms with Gasteiger partial charge in [0.15, 0.2) is 11.6 Å². The lowest BCUT2D eigenvalue weighted by Crippen LogP contribution is -2.20. The molecule has 2 unspecified atom stereocenters. The zero-order chi connectivity index (χ0) is 23.5. The first-order chi connectivity index (χ1) is 16.1. The van der Waals surface area contributed by atoms with Gasteiger partial charge >= 0.3 is 5.97 Å². The summed E-state index contributed by atoms with van der Waals surface area (Å²) >= 11 is 0. The minimum atomic E-state index is -0.573.